The van der Waals surface area contributed by atoms with Crippen LogP contribution in [0.25, 0.3) is 0 Å². The highest BCUT2D eigenvalue weighted by molar-refractivity contribution is 9.11. The number of nitrogens with zero attached hydrogens (tertiary/aromatic N) is 2. The topological polar surface area (TPSA) is 51.3 Å². The van der Waals surface area contributed by atoms with Crippen LogP contribution in [0.5, 0.6) is 0 Å². The van der Waals surface area contributed by atoms with Crippen LogP contribution in [0.1, 0.15) is 35.6 Å². The lowest BCUT2D eigenvalue weighted by Crippen LogP contribution is -2.31. The van der Waals surface area contributed by atoms with Crippen molar-refractivity contribution in [1.29, 1.82) is 0 Å². The summed E-state index contributed by atoms with van der Waals surface area (Å²) in [6.07, 6.45) is 2.81. The van der Waals surface area contributed by atoms with Crippen LogP contribution in [0.4, 0.5) is 5.69 Å². The molecule has 1 amide bonds. The second-order valence-electron chi connectivity index (χ2n) is 4.88. The lowest BCUT2D eigenvalue weighted by atomic mass is 10.3. The molecule has 0 atom stereocenters. The summed E-state index contributed by atoms with van der Waals surface area (Å²) in [5.74, 6) is 0.0344. The van der Waals surface area contributed by atoms with Gasteiger partial charge in [-0.15, -0.1) is 11.3 Å². The second-order valence-corrected chi connectivity index (χ2v) is 7.42. The number of carbonyl (C=O) groups is 1. The Morgan fingerprint density at radius 1 is 1.43 bits per heavy atom. The molecule has 0 aliphatic rings. The van der Waals surface area contributed by atoms with Crippen molar-refractivity contribution in [2.75, 3.05) is 12.3 Å². The second kappa shape index (κ2) is 7.13. The third-order valence-corrected chi connectivity index (χ3v) is 4.85. The first-order valence-electron chi connectivity index (χ1n) is 7.04. The van der Waals surface area contributed by atoms with E-state index >= 15 is 0 Å². The van der Waals surface area contributed by atoms with Crippen molar-refractivity contribution >= 4 is 38.9 Å². The molecule has 4 nitrogen and oxygen atoms in total. The fourth-order valence-corrected chi connectivity index (χ4v) is 3.75. The summed E-state index contributed by atoms with van der Waals surface area (Å²) < 4.78 is 3.03. The van der Waals surface area contributed by atoms with Gasteiger partial charge in [0.1, 0.15) is 5.69 Å². The first kappa shape index (κ1) is 16.1. The number of amides is 1. The average Bonchev–Trinajstić information content (AvgIpc) is 3.02. The zero-order chi connectivity index (χ0) is 15.4. The Morgan fingerprint density at radius 3 is 2.76 bits per heavy atom. The van der Waals surface area contributed by atoms with Crippen LogP contribution >= 0.6 is 27.3 Å². The lowest BCUT2D eigenvalue weighted by molar-refractivity contribution is 0.0743. The zero-order valence-electron chi connectivity index (χ0n) is 12.3. The molecule has 0 bridgehead atoms. The van der Waals surface area contributed by atoms with Crippen molar-refractivity contribution < 1.29 is 4.79 Å². The molecular weight excluding hydrogens is 350 g/mol. The van der Waals surface area contributed by atoms with Crippen LogP contribution in [0, 0.1) is 0 Å². The number of nitrogens with two attached hydrogens (primary N) is 1. The molecule has 0 radical (unpaired) electrons. The van der Waals surface area contributed by atoms with E-state index in [1.807, 2.05) is 34.7 Å². The number of rotatable bonds is 6. The van der Waals surface area contributed by atoms with E-state index in [1.165, 1.54) is 4.88 Å². The number of anilines is 1. The van der Waals surface area contributed by atoms with E-state index in [4.69, 9.17) is 5.73 Å². The van der Waals surface area contributed by atoms with E-state index in [0.29, 0.717) is 24.5 Å². The van der Waals surface area contributed by atoms with Crippen molar-refractivity contribution in [1.82, 2.24) is 9.47 Å². The molecule has 2 rings (SSSR count). The molecule has 2 aromatic rings. The molecule has 2 N–H and O–H groups in total. The predicted octanol–water partition coefficient (Wildman–Crippen LogP) is 3.97. The van der Waals surface area contributed by atoms with Gasteiger partial charge in [-0.2, -0.15) is 0 Å². The third-order valence-electron chi connectivity index (χ3n) is 3.25. The van der Waals surface area contributed by atoms with E-state index in [0.717, 1.165) is 16.8 Å². The highest BCUT2D eigenvalue weighted by atomic mass is 79.9. The Labute approximate surface area is 137 Å². The largest absolute Gasteiger partial charge is 0.397 e. The number of aromatic nitrogens is 1. The SMILES string of the molecule is CCCn1cc(N)cc1C(=O)N(CC)Cc1ccc(Br)s1. The Bertz CT molecular complexity index is 620. The summed E-state index contributed by atoms with van der Waals surface area (Å²) in [5, 5.41) is 0. The molecular formula is C15H20BrN3OS. The lowest BCUT2D eigenvalue weighted by Gasteiger charge is -2.21. The van der Waals surface area contributed by atoms with Crippen molar-refractivity contribution in [3.63, 3.8) is 0 Å². The number of hydrogen-bond donors (Lipinski definition) is 1. The quantitative estimate of drug-likeness (QED) is 0.837. The maximum absolute atomic E-state index is 12.7. The average molecular weight is 370 g/mol. The fourth-order valence-electron chi connectivity index (χ4n) is 2.25. The summed E-state index contributed by atoms with van der Waals surface area (Å²) in [7, 11) is 0. The fraction of sp³-hybridized carbons (Fsp3) is 0.400. The van der Waals surface area contributed by atoms with Crippen LogP contribution in [0.2, 0.25) is 0 Å². The predicted molar refractivity (Wildman–Crippen MR) is 91.6 cm³/mol. The Hall–Kier alpha value is -1.27. The van der Waals surface area contributed by atoms with Crippen LogP contribution in [0.15, 0.2) is 28.2 Å². The van der Waals surface area contributed by atoms with Gasteiger partial charge in [-0.25, -0.2) is 0 Å². The van der Waals surface area contributed by atoms with Crippen molar-refractivity contribution in [3.8, 4) is 0 Å². The minimum atomic E-state index is 0.0344. The molecule has 114 valence electrons. The maximum atomic E-state index is 12.7. The molecule has 0 saturated carbocycles. The molecule has 21 heavy (non-hydrogen) atoms. The normalized spacial score (nSPS) is 10.8. The van der Waals surface area contributed by atoms with Gasteiger partial charge in [0.05, 0.1) is 16.0 Å². The molecule has 2 heterocycles. The standard InChI is InChI=1S/C15H20BrN3OS/c1-3-7-19-9-11(17)8-13(19)15(20)18(4-2)10-12-5-6-14(16)21-12/h5-6,8-9H,3-4,7,10,17H2,1-2H3. The van der Waals surface area contributed by atoms with Crippen LogP contribution in [-0.4, -0.2) is 21.9 Å². The van der Waals surface area contributed by atoms with Crippen LogP contribution in [0.3, 0.4) is 0 Å². The number of carbonyl (C=O) groups excluding carboxylic acids is 1. The summed E-state index contributed by atoms with van der Waals surface area (Å²) in [4.78, 5) is 15.8. The Balaban J connectivity index is 2.19. The van der Waals surface area contributed by atoms with Crippen molar-refractivity contribution in [2.45, 2.75) is 33.4 Å². The molecule has 0 fully saturated rings. The van der Waals surface area contributed by atoms with E-state index in [-0.39, 0.29) is 5.91 Å². The maximum Gasteiger partial charge on any atom is 0.270 e. The minimum absolute atomic E-state index is 0.0344. The summed E-state index contributed by atoms with van der Waals surface area (Å²) in [6, 6.07) is 5.82. The molecule has 0 aromatic carbocycles. The molecule has 6 heteroatoms. The number of aryl methyl sites for hydroxylation is 1. The van der Waals surface area contributed by atoms with E-state index < -0.39 is 0 Å². The van der Waals surface area contributed by atoms with Gasteiger partial charge in [-0.05, 0) is 47.5 Å². The van der Waals surface area contributed by atoms with Crippen molar-refractivity contribution in [2.24, 2.45) is 0 Å². The number of hydrogen-bond acceptors (Lipinski definition) is 3. The van der Waals surface area contributed by atoms with Gasteiger partial charge in [-0.3, -0.25) is 4.79 Å². The highest BCUT2D eigenvalue weighted by Crippen LogP contribution is 2.24. The molecule has 0 saturated heterocycles. The highest BCUT2D eigenvalue weighted by Gasteiger charge is 2.19. The third kappa shape index (κ3) is 3.89. The zero-order valence-corrected chi connectivity index (χ0v) is 14.7. The monoisotopic (exact) mass is 369 g/mol. The van der Waals surface area contributed by atoms with Gasteiger partial charge >= 0.3 is 0 Å². The van der Waals surface area contributed by atoms with Crippen LogP contribution < -0.4 is 5.73 Å². The summed E-state index contributed by atoms with van der Waals surface area (Å²) >= 11 is 5.11. The first-order valence-corrected chi connectivity index (χ1v) is 8.65. The molecule has 0 aliphatic carbocycles. The van der Waals surface area contributed by atoms with Gasteiger partial charge in [0, 0.05) is 24.2 Å². The summed E-state index contributed by atoms with van der Waals surface area (Å²) in [5.41, 5.74) is 7.16. The van der Waals surface area contributed by atoms with E-state index in [2.05, 4.69) is 22.9 Å². The Kier molecular flexibility index (Phi) is 5.47. The summed E-state index contributed by atoms with van der Waals surface area (Å²) in [6.45, 7) is 6.19. The minimum Gasteiger partial charge on any atom is -0.397 e. The molecule has 0 spiro atoms. The van der Waals surface area contributed by atoms with Gasteiger partial charge in [0.25, 0.3) is 5.91 Å². The van der Waals surface area contributed by atoms with Gasteiger partial charge < -0.3 is 15.2 Å². The Morgan fingerprint density at radius 2 is 2.19 bits per heavy atom. The number of nitrogen functional groups attached to an aromatic ring is 1. The van der Waals surface area contributed by atoms with Gasteiger partial charge in [0.15, 0.2) is 0 Å². The van der Waals surface area contributed by atoms with E-state index in [9.17, 15) is 4.79 Å². The molecule has 2 aromatic heterocycles. The van der Waals surface area contributed by atoms with E-state index in [1.54, 1.807) is 17.4 Å². The van der Waals surface area contributed by atoms with Crippen molar-refractivity contribution in [3.05, 3.63) is 38.8 Å². The van der Waals surface area contributed by atoms with Gasteiger partial charge in [0.2, 0.25) is 0 Å². The first-order chi connectivity index (χ1) is 10.0. The van der Waals surface area contributed by atoms with Crippen LogP contribution in [-0.2, 0) is 13.1 Å². The molecule has 0 aliphatic heterocycles. The van der Waals surface area contributed by atoms with Gasteiger partial charge in [-0.1, -0.05) is 6.92 Å². The molecule has 0 unspecified atom stereocenters. The number of halogens is 1. The smallest absolute Gasteiger partial charge is 0.270 e. The number of thiophene rings is 1.